The first kappa shape index (κ1) is 21.2. The highest BCUT2D eigenvalue weighted by molar-refractivity contribution is 9.10. The smallest absolute Gasteiger partial charge is 0.313 e. The molecule has 5 nitrogen and oxygen atoms in total. The van der Waals surface area contributed by atoms with Gasteiger partial charge in [-0.2, -0.15) is 0 Å². The van der Waals surface area contributed by atoms with Crippen LogP contribution in [0.25, 0.3) is 0 Å². The minimum atomic E-state index is -0.218. The fourth-order valence-electron chi connectivity index (χ4n) is 4.30. The van der Waals surface area contributed by atoms with Crippen molar-refractivity contribution >= 4 is 21.9 Å². The number of benzene rings is 2. The standard InChI is InChI=1S/C24H28BrNO4/c1-28-24(27)21-4-2-3-20-22(21)13-17(25)14-23(20)29-15-16-5-7-18(8-6-16)30-19-9-11-26-12-10-19/h5-8,13-14,19,21,26H,2-4,9-12,15H2,1H3. The topological polar surface area (TPSA) is 56.8 Å². The van der Waals surface area contributed by atoms with Crippen LogP contribution in [0.3, 0.4) is 0 Å². The zero-order chi connectivity index (χ0) is 20.9. The number of ether oxygens (including phenoxy) is 3. The number of methoxy groups -OCH3 is 1. The summed E-state index contributed by atoms with van der Waals surface area (Å²) in [5.74, 6) is 1.35. The number of carbonyl (C=O) groups is 1. The molecule has 0 saturated carbocycles. The highest BCUT2D eigenvalue weighted by atomic mass is 79.9. The fraction of sp³-hybridized carbons (Fsp3) is 0.458. The zero-order valence-corrected chi connectivity index (χ0v) is 18.9. The summed E-state index contributed by atoms with van der Waals surface area (Å²) in [5.41, 5.74) is 3.22. The Morgan fingerprint density at radius 1 is 1.13 bits per heavy atom. The molecule has 0 spiro atoms. The Morgan fingerprint density at radius 3 is 2.63 bits per heavy atom. The van der Waals surface area contributed by atoms with E-state index < -0.39 is 0 Å². The number of halogens is 1. The minimum absolute atomic E-state index is 0.177. The molecule has 2 aliphatic rings. The summed E-state index contributed by atoms with van der Waals surface area (Å²) in [6.07, 6.45) is 5.07. The molecule has 1 saturated heterocycles. The van der Waals surface area contributed by atoms with Gasteiger partial charge < -0.3 is 19.5 Å². The lowest BCUT2D eigenvalue weighted by Crippen LogP contribution is -2.34. The Bertz CT molecular complexity index is 878. The van der Waals surface area contributed by atoms with Crippen LogP contribution in [0.2, 0.25) is 0 Å². The second-order valence-electron chi connectivity index (χ2n) is 7.94. The van der Waals surface area contributed by atoms with Gasteiger partial charge in [-0.25, -0.2) is 0 Å². The van der Waals surface area contributed by atoms with Crippen LogP contribution in [0.5, 0.6) is 11.5 Å². The predicted molar refractivity (Wildman–Crippen MR) is 119 cm³/mol. The lowest BCUT2D eigenvalue weighted by molar-refractivity contribution is -0.142. The summed E-state index contributed by atoms with van der Waals surface area (Å²) in [4.78, 5) is 12.2. The molecule has 2 aromatic rings. The first-order valence-corrected chi connectivity index (χ1v) is 11.4. The quantitative estimate of drug-likeness (QED) is 0.613. The highest BCUT2D eigenvalue weighted by Crippen LogP contribution is 2.40. The number of hydrogen-bond donors (Lipinski definition) is 1. The van der Waals surface area contributed by atoms with E-state index >= 15 is 0 Å². The van der Waals surface area contributed by atoms with Gasteiger partial charge in [0.05, 0.1) is 13.0 Å². The molecule has 1 unspecified atom stereocenters. The molecule has 6 heteroatoms. The predicted octanol–water partition coefficient (Wildman–Crippen LogP) is 4.75. The summed E-state index contributed by atoms with van der Waals surface area (Å²) in [5, 5.41) is 3.35. The van der Waals surface area contributed by atoms with Crippen molar-refractivity contribution in [2.45, 2.75) is 50.7 Å². The van der Waals surface area contributed by atoms with E-state index in [0.29, 0.717) is 12.7 Å². The van der Waals surface area contributed by atoms with Gasteiger partial charge in [0.15, 0.2) is 0 Å². The average Bonchev–Trinajstić information content (AvgIpc) is 2.78. The maximum absolute atomic E-state index is 12.2. The normalized spacial score (nSPS) is 19.1. The maximum atomic E-state index is 12.2. The lowest BCUT2D eigenvalue weighted by atomic mass is 9.82. The molecule has 0 bridgehead atoms. The second-order valence-corrected chi connectivity index (χ2v) is 8.86. The van der Waals surface area contributed by atoms with Gasteiger partial charge in [0, 0.05) is 4.47 Å². The number of fused-ring (bicyclic) bond motifs is 1. The van der Waals surface area contributed by atoms with Gasteiger partial charge in [-0.1, -0.05) is 28.1 Å². The number of piperidine rings is 1. The van der Waals surface area contributed by atoms with Crippen molar-refractivity contribution in [2.24, 2.45) is 0 Å². The van der Waals surface area contributed by atoms with Crippen molar-refractivity contribution in [3.8, 4) is 11.5 Å². The third-order valence-corrected chi connectivity index (χ3v) is 6.35. The van der Waals surface area contributed by atoms with E-state index in [1.807, 2.05) is 24.3 Å². The molecule has 1 aliphatic heterocycles. The Balaban J connectivity index is 1.43. The van der Waals surface area contributed by atoms with Gasteiger partial charge in [-0.15, -0.1) is 0 Å². The second kappa shape index (κ2) is 9.84. The molecule has 1 aliphatic carbocycles. The largest absolute Gasteiger partial charge is 0.490 e. The molecule has 0 radical (unpaired) electrons. The van der Waals surface area contributed by atoms with Crippen molar-refractivity contribution in [1.29, 1.82) is 0 Å². The lowest BCUT2D eigenvalue weighted by Gasteiger charge is -2.26. The number of esters is 1. The van der Waals surface area contributed by atoms with E-state index in [-0.39, 0.29) is 11.9 Å². The molecule has 30 heavy (non-hydrogen) atoms. The van der Waals surface area contributed by atoms with Crippen LogP contribution in [-0.2, 0) is 22.6 Å². The zero-order valence-electron chi connectivity index (χ0n) is 17.3. The molecule has 4 rings (SSSR count). The van der Waals surface area contributed by atoms with Crippen LogP contribution in [0.15, 0.2) is 40.9 Å². The molecule has 1 fully saturated rings. The van der Waals surface area contributed by atoms with Gasteiger partial charge in [-0.05, 0) is 86.1 Å². The van der Waals surface area contributed by atoms with Crippen LogP contribution in [0.4, 0.5) is 0 Å². The third-order valence-electron chi connectivity index (χ3n) is 5.90. The average molecular weight is 474 g/mol. The summed E-state index contributed by atoms with van der Waals surface area (Å²) in [7, 11) is 1.45. The SMILES string of the molecule is COC(=O)C1CCCc2c(OCc3ccc(OC4CCNCC4)cc3)cc(Br)cc21. The van der Waals surface area contributed by atoms with Gasteiger partial charge >= 0.3 is 5.97 Å². The first-order chi connectivity index (χ1) is 14.6. The molecule has 1 heterocycles. The molecule has 2 aromatic carbocycles. The monoisotopic (exact) mass is 473 g/mol. The van der Waals surface area contributed by atoms with E-state index in [4.69, 9.17) is 14.2 Å². The number of carbonyl (C=O) groups excluding carboxylic acids is 1. The van der Waals surface area contributed by atoms with Crippen molar-refractivity contribution in [1.82, 2.24) is 5.32 Å². The van der Waals surface area contributed by atoms with E-state index in [1.165, 1.54) is 7.11 Å². The summed E-state index contributed by atoms with van der Waals surface area (Å²) in [6, 6.07) is 12.2. The van der Waals surface area contributed by atoms with E-state index in [2.05, 4.69) is 33.4 Å². The van der Waals surface area contributed by atoms with Crippen molar-refractivity contribution in [3.63, 3.8) is 0 Å². The van der Waals surface area contributed by atoms with Gasteiger partial charge in [0.1, 0.15) is 24.2 Å². The van der Waals surface area contributed by atoms with Crippen LogP contribution in [-0.4, -0.2) is 32.3 Å². The maximum Gasteiger partial charge on any atom is 0.313 e. The number of hydrogen-bond acceptors (Lipinski definition) is 5. The van der Waals surface area contributed by atoms with Crippen LogP contribution >= 0.6 is 15.9 Å². The van der Waals surface area contributed by atoms with Gasteiger partial charge in [0.2, 0.25) is 0 Å². The Morgan fingerprint density at radius 2 is 1.90 bits per heavy atom. The Hall–Kier alpha value is -2.05. The molecule has 1 N–H and O–H groups in total. The summed E-state index contributed by atoms with van der Waals surface area (Å²) in [6.45, 7) is 2.51. The third kappa shape index (κ3) is 4.98. The highest BCUT2D eigenvalue weighted by Gasteiger charge is 2.29. The summed E-state index contributed by atoms with van der Waals surface area (Å²) < 4.78 is 18.2. The number of rotatable bonds is 6. The van der Waals surface area contributed by atoms with Crippen molar-refractivity contribution in [3.05, 3.63) is 57.6 Å². The van der Waals surface area contributed by atoms with Crippen molar-refractivity contribution in [2.75, 3.05) is 20.2 Å². The number of nitrogens with one attached hydrogen (secondary N) is 1. The Labute approximate surface area is 186 Å². The fourth-order valence-corrected chi connectivity index (χ4v) is 4.75. The van der Waals surface area contributed by atoms with Crippen LogP contribution < -0.4 is 14.8 Å². The molecular formula is C24H28BrNO4. The van der Waals surface area contributed by atoms with Gasteiger partial charge in [-0.3, -0.25) is 4.79 Å². The first-order valence-electron chi connectivity index (χ1n) is 10.6. The van der Waals surface area contributed by atoms with E-state index in [0.717, 1.165) is 77.9 Å². The van der Waals surface area contributed by atoms with Crippen LogP contribution in [0, 0.1) is 0 Å². The summed E-state index contributed by atoms with van der Waals surface area (Å²) >= 11 is 3.57. The van der Waals surface area contributed by atoms with Crippen molar-refractivity contribution < 1.29 is 19.0 Å². The molecule has 0 aromatic heterocycles. The molecular weight excluding hydrogens is 446 g/mol. The molecule has 0 amide bonds. The Kier molecular flexibility index (Phi) is 6.95. The van der Waals surface area contributed by atoms with E-state index in [9.17, 15) is 4.79 Å². The minimum Gasteiger partial charge on any atom is -0.490 e. The van der Waals surface area contributed by atoms with Crippen LogP contribution in [0.1, 0.15) is 48.3 Å². The molecule has 1 atom stereocenters. The molecule has 160 valence electrons. The van der Waals surface area contributed by atoms with Gasteiger partial charge in [0.25, 0.3) is 0 Å². The van der Waals surface area contributed by atoms with E-state index in [1.54, 1.807) is 0 Å².